The van der Waals surface area contributed by atoms with Crippen LogP contribution in [0.3, 0.4) is 0 Å². The topological polar surface area (TPSA) is 167 Å². The van der Waals surface area contributed by atoms with Crippen LogP contribution in [0.4, 0.5) is 13.2 Å². The van der Waals surface area contributed by atoms with Crippen LogP contribution in [-0.2, 0) is 20.8 Å². The van der Waals surface area contributed by atoms with Crippen molar-refractivity contribution >= 4 is 23.2 Å². The zero-order valence-electron chi connectivity index (χ0n) is 21.9. The second-order valence-corrected chi connectivity index (χ2v) is 10.8. The van der Waals surface area contributed by atoms with E-state index in [0.29, 0.717) is 16.7 Å². The third-order valence-electron chi connectivity index (χ3n) is 8.12. The molecular formula is C29H26F3NO8. The summed E-state index contributed by atoms with van der Waals surface area (Å²) in [7, 11) is 0. The highest BCUT2D eigenvalue weighted by Gasteiger charge is 2.60. The summed E-state index contributed by atoms with van der Waals surface area (Å²) in [6.45, 7) is 3.73. The largest absolute Gasteiger partial charge is 0.573 e. The van der Waals surface area contributed by atoms with Crippen LogP contribution >= 0.6 is 0 Å². The summed E-state index contributed by atoms with van der Waals surface area (Å²) < 4.78 is 41.7. The number of primary amides is 1. The highest BCUT2D eigenvalue weighted by atomic mass is 19.4. The molecule has 6 N–H and O–H groups in total. The van der Waals surface area contributed by atoms with Gasteiger partial charge in [-0.3, -0.25) is 14.4 Å². The first-order valence-corrected chi connectivity index (χ1v) is 12.8. The average Bonchev–Trinajstić information content (AvgIpc) is 2.85. The van der Waals surface area contributed by atoms with Crippen molar-refractivity contribution in [3.05, 3.63) is 63.9 Å². The summed E-state index contributed by atoms with van der Waals surface area (Å²) in [5.74, 6) is -7.87. The SMILES string of the molecule is CC(C)c1cc(-c2ccc(OC(F)(F)F)cc2)c(O)c2c1C[C@H]1C[C@H]3CC(=O)C(C(N)=O)=C(O)[C@@]3(O)C(=O)C1=C2O. The van der Waals surface area contributed by atoms with Crippen molar-refractivity contribution in [2.75, 3.05) is 0 Å². The van der Waals surface area contributed by atoms with Crippen LogP contribution in [0.15, 0.2) is 47.2 Å². The fraction of sp³-hybridized carbons (Fsp3) is 0.345. The molecule has 0 heterocycles. The number of rotatable bonds is 4. The Labute approximate surface area is 231 Å². The monoisotopic (exact) mass is 573 g/mol. The molecule has 3 atom stereocenters. The summed E-state index contributed by atoms with van der Waals surface area (Å²) in [5.41, 5.74) is 2.97. The number of phenols is 1. The Morgan fingerprint density at radius 1 is 1.10 bits per heavy atom. The lowest BCUT2D eigenvalue weighted by Crippen LogP contribution is -2.58. The minimum absolute atomic E-state index is 0.00360. The molecule has 41 heavy (non-hydrogen) atoms. The van der Waals surface area contributed by atoms with Crippen LogP contribution in [0.1, 0.15) is 49.3 Å². The molecule has 3 aliphatic carbocycles. The van der Waals surface area contributed by atoms with Gasteiger partial charge in [-0.05, 0) is 59.6 Å². The third kappa shape index (κ3) is 4.33. The summed E-state index contributed by atoms with van der Waals surface area (Å²) in [4.78, 5) is 38.1. The Morgan fingerprint density at radius 3 is 2.29 bits per heavy atom. The van der Waals surface area contributed by atoms with E-state index >= 15 is 0 Å². The molecule has 2 aromatic carbocycles. The van der Waals surface area contributed by atoms with Gasteiger partial charge in [0.15, 0.2) is 11.4 Å². The maximum atomic E-state index is 13.7. The number of aromatic hydroxyl groups is 1. The number of phenolic OH excluding ortho intramolecular Hbond substituents is 1. The normalized spacial score (nSPS) is 24.3. The van der Waals surface area contributed by atoms with Gasteiger partial charge in [0.1, 0.15) is 28.6 Å². The number of nitrogens with two attached hydrogens (primary N) is 1. The molecule has 12 heteroatoms. The van der Waals surface area contributed by atoms with Crippen LogP contribution in [0.25, 0.3) is 16.9 Å². The number of aliphatic hydroxyl groups is 3. The first-order valence-electron chi connectivity index (χ1n) is 12.8. The molecule has 0 aromatic heterocycles. The van der Waals surface area contributed by atoms with E-state index in [-0.39, 0.29) is 35.5 Å². The minimum atomic E-state index is -4.89. The first-order chi connectivity index (χ1) is 19.1. The number of alkyl halides is 3. The zero-order valence-corrected chi connectivity index (χ0v) is 21.9. The van der Waals surface area contributed by atoms with Gasteiger partial charge < -0.3 is 30.9 Å². The zero-order chi connectivity index (χ0) is 30.2. The van der Waals surface area contributed by atoms with Crippen molar-refractivity contribution < 1.29 is 52.7 Å². The molecule has 0 radical (unpaired) electrons. The lowest BCUT2D eigenvalue weighted by molar-refractivity contribution is -0.274. The highest BCUT2D eigenvalue weighted by Crippen LogP contribution is 2.54. The van der Waals surface area contributed by atoms with E-state index in [1.165, 1.54) is 12.1 Å². The molecule has 1 saturated carbocycles. The molecule has 0 saturated heterocycles. The second kappa shape index (κ2) is 9.37. The van der Waals surface area contributed by atoms with E-state index in [1.54, 1.807) is 6.07 Å². The van der Waals surface area contributed by atoms with Crippen molar-refractivity contribution in [2.45, 2.75) is 51.0 Å². The number of benzene rings is 2. The Hall–Kier alpha value is -4.32. The molecule has 5 rings (SSSR count). The number of halogens is 3. The summed E-state index contributed by atoms with van der Waals surface area (Å²) in [5, 5.41) is 44.9. The predicted molar refractivity (Wildman–Crippen MR) is 138 cm³/mol. The summed E-state index contributed by atoms with van der Waals surface area (Å²) >= 11 is 0. The number of hydrogen-bond donors (Lipinski definition) is 5. The number of hydrogen-bond acceptors (Lipinski definition) is 8. The van der Waals surface area contributed by atoms with E-state index in [0.717, 1.165) is 12.1 Å². The number of ketones is 2. The van der Waals surface area contributed by atoms with E-state index in [9.17, 15) is 48.0 Å². The van der Waals surface area contributed by atoms with Crippen LogP contribution in [0, 0.1) is 11.8 Å². The fourth-order valence-electron chi connectivity index (χ4n) is 6.29. The Bertz CT molecular complexity index is 1570. The van der Waals surface area contributed by atoms with Crippen LogP contribution in [0.2, 0.25) is 0 Å². The third-order valence-corrected chi connectivity index (χ3v) is 8.12. The first kappa shape index (κ1) is 28.2. The second-order valence-electron chi connectivity index (χ2n) is 10.8. The summed E-state index contributed by atoms with van der Waals surface area (Å²) in [6, 6.07) is 6.40. The van der Waals surface area contributed by atoms with Gasteiger partial charge in [0.05, 0.1) is 5.56 Å². The van der Waals surface area contributed by atoms with Gasteiger partial charge in [0, 0.05) is 23.5 Å². The molecule has 0 aliphatic heterocycles. The van der Waals surface area contributed by atoms with Crippen molar-refractivity contribution in [1.82, 2.24) is 0 Å². The van der Waals surface area contributed by atoms with Gasteiger partial charge in [-0.25, -0.2) is 0 Å². The van der Waals surface area contributed by atoms with Crippen molar-refractivity contribution in [2.24, 2.45) is 17.6 Å². The molecule has 0 bridgehead atoms. The molecular weight excluding hydrogens is 547 g/mol. The highest BCUT2D eigenvalue weighted by molar-refractivity contribution is 6.22. The summed E-state index contributed by atoms with van der Waals surface area (Å²) in [6.07, 6.45) is -5.16. The fourth-order valence-corrected chi connectivity index (χ4v) is 6.29. The van der Waals surface area contributed by atoms with E-state index in [4.69, 9.17) is 5.73 Å². The number of aliphatic hydroxyl groups excluding tert-OH is 2. The molecule has 1 fully saturated rings. The maximum absolute atomic E-state index is 13.7. The molecule has 3 aliphatic rings. The Balaban J connectivity index is 1.68. The number of fused-ring (bicyclic) bond motifs is 3. The lowest BCUT2D eigenvalue weighted by Gasteiger charge is -2.46. The smallest absolute Gasteiger partial charge is 0.508 e. The van der Waals surface area contributed by atoms with Crippen molar-refractivity contribution in [1.29, 1.82) is 0 Å². The van der Waals surface area contributed by atoms with Gasteiger partial charge in [-0.15, -0.1) is 13.2 Å². The number of carbonyl (C=O) groups excluding carboxylic acids is 3. The number of Topliss-reactive ketones (excluding diaryl/α,β-unsaturated/α-hetero) is 2. The molecule has 216 valence electrons. The van der Waals surface area contributed by atoms with Gasteiger partial charge in [0.25, 0.3) is 5.91 Å². The predicted octanol–water partition coefficient (Wildman–Crippen LogP) is 4.11. The van der Waals surface area contributed by atoms with Gasteiger partial charge >= 0.3 is 6.36 Å². The molecule has 0 unspecified atom stereocenters. The van der Waals surface area contributed by atoms with Crippen molar-refractivity contribution in [3.8, 4) is 22.6 Å². The van der Waals surface area contributed by atoms with Crippen molar-refractivity contribution in [3.63, 3.8) is 0 Å². The van der Waals surface area contributed by atoms with Crippen LogP contribution in [-0.4, -0.2) is 49.9 Å². The maximum Gasteiger partial charge on any atom is 0.573 e. The number of carbonyl (C=O) groups is 3. The molecule has 9 nitrogen and oxygen atoms in total. The van der Waals surface area contributed by atoms with E-state index in [1.807, 2.05) is 13.8 Å². The molecule has 1 amide bonds. The Kier molecular flexibility index (Phi) is 6.45. The van der Waals surface area contributed by atoms with Crippen LogP contribution in [0.5, 0.6) is 11.5 Å². The van der Waals surface area contributed by atoms with Gasteiger partial charge in [-0.2, -0.15) is 0 Å². The standard InChI is InChI=1S/C29H26F3NO8/c1-11(2)16-10-17(12-3-5-15(6-4-12)41-29(30,31)32)23(35)21-18(16)8-13-7-14-9-19(34)22(27(33)39)26(38)28(14,40)25(37)20(13)24(21)36/h3-6,10-11,13-14,35-36,38,40H,7-9H2,1-2H3,(H2,33,39)/t13-,14+,28+/m1/s1. The average molecular weight is 574 g/mol. The Morgan fingerprint density at radius 2 is 1.73 bits per heavy atom. The molecule has 0 spiro atoms. The van der Waals surface area contributed by atoms with Crippen LogP contribution < -0.4 is 10.5 Å². The molecule has 2 aromatic rings. The van der Waals surface area contributed by atoms with E-state index < -0.39 is 76.3 Å². The minimum Gasteiger partial charge on any atom is -0.508 e. The number of ether oxygens (including phenoxy) is 1. The number of amides is 1. The van der Waals surface area contributed by atoms with Gasteiger partial charge in [0.2, 0.25) is 5.78 Å². The lowest BCUT2D eigenvalue weighted by atomic mass is 9.59. The quantitative estimate of drug-likeness (QED) is 0.341. The van der Waals surface area contributed by atoms with E-state index in [2.05, 4.69) is 4.74 Å². The van der Waals surface area contributed by atoms with Gasteiger partial charge in [-0.1, -0.05) is 26.0 Å².